The molecule has 2 nitrogen and oxygen atoms in total. The highest BCUT2D eigenvalue weighted by Crippen LogP contribution is 2.35. The van der Waals surface area contributed by atoms with E-state index in [4.69, 9.17) is 5.11 Å². The molecular weight excluding hydrogens is 224 g/mol. The van der Waals surface area contributed by atoms with E-state index in [0.717, 1.165) is 30.9 Å². The van der Waals surface area contributed by atoms with Crippen molar-refractivity contribution in [3.63, 3.8) is 0 Å². The third kappa shape index (κ3) is 3.01. The molecule has 0 unspecified atom stereocenters. The Morgan fingerprint density at radius 1 is 1.18 bits per heavy atom. The SMILES string of the molecule is OCCN[C@@H]1CCC[C@@H]1c1cc(F)cc(F)c1. The van der Waals surface area contributed by atoms with E-state index in [2.05, 4.69) is 5.32 Å². The van der Waals surface area contributed by atoms with E-state index < -0.39 is 11.6 Å². The van der Waals surface area contributed by atoms with Crippen LogP contribution in [-0.2, 0) is 0 Å². The zero-order chi connectivity index (χ0) is 12.3. The molecule has 0 saturated heterocycles. The Bertz CT molecular complexity index is 363. The van der Waals surface area contributed by atoms with Crippen molar-refractivity contribution in [2.24, 2.45) is 0 Å². The fourth-order valence-electron chi connectivity index (χ4n) is 2.64. The Balaban J connectivity index is 2.14. The zero-order valence-corrected chi connectivity index (χ0v) is 9.63. The van der Waals surface area contributed by atoms with E-state index in [1.165, 1.54) is 12.1 Å². The minimum Gasteiger partial charge on any atom is -0.395 e. The van der Waals surface area contributed by atoms with Gasteiger partial charge in [-0.1, -0.05) is 6.42 Å². The molecule has 1 aliphatic carbocycles. The summed E-state index contributed by atoms with van der Waals surface area (Å²) >= 11 is 0. The van der Waals surface area contributed by atoms with Gasteiger partial charge in [-0.25, -0.2) is 8.78 Å². The highest BCUT2D eigenvalue weighted by Gasteiger charge is 2.28. The van der Waals surface area contributed by atoms with Crippen molar-refractivity contribution in [1.29, 1.82) is 0 Å². The molecule has 94 valence electrons. The average Bonchev–Trinajstić information content (AvgIpc) is 2.73. The smallest absolute Gasteiger partial charge is 0.126 e. The first-order valence-corrected chi connectivity index (χ1v) is 6.01. The molecular formula is C13H17F2NO. The number of hydrogen-bond donors (Lipinski definition) is 2. The van der Waals surface area contributed by atoms with Crippen LogP contribution in [0.15, 0.2) is 18.2 Å². The van der Waals surface area contributed by atoms with E-state index in [0.29, 0.717) is 6.54 Å². The molecule has 1 fully saturated rings. The fraction of sp³-hybridized carbons (Fsp3) is 0.538. The predicted molar refractivity (Wildman–Crippen MR) is 61.8 cm³/mol. The van der Waals surface area contributed by atoms with Crippen LogP contribution in [0, 0.1) is 11.6 Å². The maximum Gasteiger partial charge on any atom is 0.126 e. The van der Waals surface area contributed by atoms with E-state index in [9.17, 15) is 8.78 Å². The molecule has 0 spiro atoms. The second-order valence-electron chi connectivity index (χ2n) is 4.52. The number of benzene rings is 1. The normalized spacial score (nSPS) is 24.2. The molecule has 4 heteroatoms. The van der Waals surface area contributed by atoms with Gasteiger partial charge in [-0.15, -0.1) is 0 Å². The Morgan fingerprint density at radius 2 is 1.88 bits per heavy atom. The molecule has 0 aliphatic heterocycles. The lowest BCUT2D eigenvalue weighted by Crippen LogP contribution is -2.33. The van der Waals surface area contributed by atoms with Crippen molar-refractivity contribution in [2.75, 3.05) is 13.2 Å². The maximum atomic E-state index is 13.2. The lowest BCUT2D eigenvalue weighted by Gasteiger charge is -2.21. The molecule has 0 aromatic heterocycles. The Kier molecular flexibility index (Phi) is 4.07. The molecule has 0 amide bonds. The average molecular weight is 241 g/mol. The zero-order valence-electron chi connectivity index (χ0n) is 9.63. The van der Waals surface area contributed by atoms with E-state index >= 15 is 0 Å². The van der Waals surface area contributed by atoms with Crippen LogP contribution in [0.5, 0.6) is 0 Å². The summed E-state index contributed by atoms with van der Waals surface area (Å²) in [7, 11) is 0. The summed E-state index contributed by atoms with van der Waals surface area (Å²) in [6.07, 6.45) is 2.97. The molecule has 2 N–H and O–H groups in total. The van der Waals surface area contributed by atoms with Gasteiger partial charge in [-0.3, -0.25) is 0 Å². The number of halogens is 2. The summed E-state index contributed by atoms with van der Waals surface area (Å²) in [4.78, 5) is 0. The van der Waals surface area contributed by atoms with Gasteiger partial charge in [0, 0.05) is 18.7 Å². The van der Waals surface area contributed by atoms with Crippen molar-refractivity contribution < 1.29 is 13.9 Å². The second-order valence-corrected chi connectivity index (χ2v) is 4.52. The van der Waals surface area contributed by atoms with Crippen LogP contribution in [0.4, 0.5) is 8.78 Å². The Morgan fingerprint density at radius 3 is 2.53 bits per heavy atom. The number of aliphatic hydroxyl groups excluding tert-OH is 1. The Labute approximate surface area is 99.7 Å². The minimum atomic E-state index is -0.521. The van der Waals surface area contributed by atoms with Gasteiger partial charge in [-0.2, -0.15) is 0 Å². The summed E-state index contributed by atoms with van der Waals surface area (Å²) in [6.45, 7) is 0.611. The van der Waals surface area contributed by atoms with Crippen LogP contribution >= 0.6 is 0 Å². The molecule has 0 radical (unpaired) electrons. The highest BCUT2D eigenvalue weighted by molar-refractivity contribution is 5.24. The first-order valence-electron chi connectivity index (χ1n) is 6.01. The largest absolute Gasteiger partial charge is 0.395 e. The van der Waals surface area contributed by atoms with Gasteiger partial charge in [0.05, 0.1) is 6.61 Å². The highest BCUT2D eigenvalue weighted by atomic mass is 19.1. The number of aliphatic hydroxyl groups is 1. The molecule has 2 rings (SSSR count). The summed E-state index contributed by atoms with van der Waals surface area (Å²) in [5.41, 5.74) is 0.718. The van der Waals surface area contributed by atoms with Gasteiger partial charge < -0.3 is 10.4 Å². The van der Waals surface area contributed by atoms with Crippen LogP contribution in [0.1, 0.15) is 30.7 Å². The molecule has 0 heterocycles. The van der Waals surface area contributed by atoms with Crippen molar-refractivity contribution in [3.05, 3.63) is 35.4 Å². The molecule has 1 aromatic carbocycles. The minimum absolute atomic E-state index is 0.0841. The second kappa shape index (κ2) is 5.56. The van der Waals surface area contributed by atoms with Gasteiger partial charge in [0.1, 0.15) is 11.6 Å². The molecule has 2 atom stereocenters. The van der Waals surface area contributed by atoms with E-state index in [1.54, 1.807) is 0 Å². The standard InChI is InChI=1S/C13H17F2NO/c14-10-6-9(7-11(15)8-10)12-2-1-3-13(12)16-4-5-17/h6-8,12-13,16-17H,1-5H2/t12-,13-/m1/s1. The van der Waals surface area contributed by atoms with Gasteiger partial charge in [0.2, 0.25) is 0 Å². The first kappa shape index (κ1) is 12.5. The topological polar surface area (TPSA) is 32.3 Å². The Hall–Kier alpha value is -1.00. The fourth-order valence-corrected chi connectivity index (χ4v) is 2.64. The first-order chi connectivity index (χ1) is 8.20. The molecule has 0 bridgehead atoms. The predicted octanol–water partition coefficient (Wildman–Crippen LogP) is 2.18. The van der Waals surface area contributed by atoms with Crippen molar-refractivity contribution in [3.8, 4) is 0 Å². The van der Waals surface area contributed by atoms with Crippen molar-refractivity contribution >= 4 is 0 Å². The summed E-state index contributed by atoms with van der Waals surface area (Å²) < 4.78 is 26.3. The third-order valence-electron chi connectivity index (χ3n) is 3.35. The van der Waals surface area contributed by atoms with Gasteiger partial charge in [-0.05, 0) is 36.5 Å². The lowest BCUT2D eigenvalue weighted by atomic mass is 9.94. The van der Waals surface area contributed by atoms with Gasteiger partial charge in [0.25, 0.3) is 0 Å². The molecule has 17 heavy (non-hydrogen) atoms. The quantitative estimate of drug-likeness (QED) is 0.847. The maximum absolute atomic E-state index is 13.2. The number of hydrogen-bond acceptors (Lipinski definition) is 2. The van der Waals surface area contributed by atoms with Crippen LogP contribution in [0.3, 0.4) is 0 Å². The summed E-state index contributed by atoms with van der Waals surface area (Å²) in [5, 5.41) is 12.0. The summed E-state index contributed by atoms with van der Waals surface area (Å²) in [6, 6.07) is 3.93. The third-order valence-corrected chi connectivity index (χ3v) is 3.35. The van der Waals surface area contributed by atoms with Gasteiger partial charge in [0.15, 0.2) is 0 Å². The molecule has 1 saturated carbocycles. The van der Waals surface area contributed by atoms with Gasteiger partial charge >= 0.3 is 0 Å². The summed E-state index contributed by atoms with van der Waals surface area (Å²) in [5.74, 6) is -0.896. The van der Waals surface area contributed by atoms with Crippen molar-refractivity contribution in [2.45, 2.75) is 31.2 Å². The van der Waals surface area contributed by atoms with Crippen LogP contribution < -0.4 is 5.32 Å². The lowest BCUT2D eigenvalue weighted by molar-refractivity contribution is 0.281. The van der Waals surface area contributed by atoms with Crippen LogP contribution in [-0.4, -0.2) is 24.3 Å². The number of nitrogens with one attached hydrogen (secondary N) is 1. The monoisotopic (exact) mass is 241 g/mol. The van der Waals surface area contributed by atoms with E-state index in [1.807, 2.05) is 0 Å². The van der Waals surface area contributed by atoms with E-state index in [-0.39, 0.29) is 18.6 Å². The molecule has 1 aromatic rings. The molecule has 1 aliphatic rings. The van der Waals surface area contributed by atoms with Crippen LogP contribution in [0.25, 0.3) is 0 Å². The van der Waals surface area contributed by atoms with Crippen molar-refractivity contribution in [1.82, 2.24) is 5.32 Å². The van der Waals surface area contributed by atoms with Crippen LogP contribution in [0.2, 0.25) is 0 Å². The number of rotatable bonds is 4.